The van der Waals surface area contributed by atoms with Gasteiger partial charge in [0.2, 0.25) is 5.82 Å². The van der Waals surface area contributed by atoms with Crippen molar-refractivity contribution in [2.75, 3.05) is 0 Å². The molecular formula is C10H11N5. The number of aromatic nitrogens is 5. The minimum Gasteiger partial charge on any atom is -0.234 e. The number of nitrogens with zero attached hydrogens (tertiary/aromatic N) is 5. The minimum atomic E-state index is 0.329. The van der Waals surface area contributed by atoms with Crippen LogP contribution in [0.15, 0.2) is 24.7 Å². The first-order chi connectivity index (χ1) is 7.27. The molecule has 2 heterocycles. The highest BCUT2D eigenvalue weighted by Gasteiger charge is 2.06. The second-order valence-corrected chi connectivity index (χ2v) is 3.43. The summed E-state index contributed by atoms with van der Waals surface area (Å²) in [6, 6.07) is 1.75. The molecule has 5 heteroatoms. The smallest absolute Gasteiger partial charge is 0.219 e. The monoisotopic (exact) mass is 201 g/mol. The molecule has 5 nitrogen and oxygen atoms in total. The van der Waals surface area contributed by atoms with Crippen molar-refractivity contribution in [3.63, 3.8) is 0 Å². The molecule has 76 valence electrons. The third kappa shape index (κ3) is 2.12. The highest BCUT2D eigenvalue weighted by molar-refractivity contribution is 5.40. The highest BCUT2D eigenvalue weighted by atomic mass is 15.2. The van der Waals surface area contributed by atoms with Crippen LogP contribution in [0.2, 0.25) is 0 Å². The zero-order valence-electron chi connectivity index (χ0n) is 8.62. The van der Waals surface area contributed by atoms with Crippen LogP contribution in [0, 0.1) is 0 Å². The van der Waals surface area contributed by atoms with Crippen LogP contribution in [-0.2, 0) is 0 Å². The van der Waals surface area contributed by atoms with Crippen molar-refractivity contribution in [1.29, 1.82) is 0 Å². The molecule has 0 radical (unpaired) electrons. The molecule has 0 fully saturated rings. The summed E-state index contributed by atoms with van der Waals surface area (Å²) in [7, 11) is 0. The van der Waals surface area contributed by atoms with Gasteiger partial charge >= 0.3 is 0 Å². The first kappa shape index (κ1) is 9.64. The van der Waals surface area contributed by atoms with Crippen LogP contribution in [0.3, 0.4) is 0 Å². The van der Waals surface area contributed by atoms with E-state index in [0.717, 1.165) is 5.69 Å². The average molecular weight is 201 g/mol. The Morgan fingerprint density at radius 2 is 1.67 bits per heavy atom. The van der Waals surface area contributed by atoms with Gasteiger partial charge in [0.05, 0.1) is 11.9 Å². The van der Waals surface area contributed by atoms with Gasteiger partial charge in [-0.25, -0.2) is 15.0 Å². The van der Waals surface area contributed by atoms with E-state index in [1.165, 1.54) is 0 Å². The van der Waals surface area contributed by atoms with E-state index in [9.17, 15) is 0 Å². The lowest BCUT2D eigenvalue weighted by Crippen LogP contribution is -2.01. The van der Waals surface area contributed by atoms with E-state index in [4.69, 9.17) is 0 Å². The number of hydrogen-bond donors (Lipinski definition) is 0. The molecule has 0 unspecified atom stereocenters. The van der Waals surface area contributed by atoms with Gasteiger partial charge < -0.3 is 0 Å². The van der Waals surface area contributed by atoms with E-state index in [1.54, 1.807) is 24.7 Å². The van der Waals surface area contributed by atoms with Gasteiger partial charge in [-0.05, 0) is 12.0 Å². The molecular weight excluding hydrogens is 190 g/mol. The summed E-state index contributed by atoms with van der Waals surface area (Å²) in [6.07, 6.45) is 5.02. The van der Waals surface area contributed by atoms with E-state index in [-0.39, 0.29) is 0 Å². The van der Waals surface area contributed by atoms with Crippen LogP contribution >= 0.6 is 0 Å². The van der Waals surface area contributed by atoms with Crippen molar-refractivity contribution in [1.82, 2.24) is 25.1 Å². The molecule has 0 spiro atoms. The first-order valence-corrected chi connectivity index (χ1v) is 4.74. The Bertz CT molecular complexity index is 423. The van der Waals surface area contributed by atoms with Crippen molar-refractivity contribution in [2.45, 2.75) is 19.8 Å². The zero-order chi connectivity index (χ0) is 10.7. The maximum Gasteiger partial charge on any atom is 0.219 e. The summed E-state index contributed by atoms with van der Waals surface area (Å²) < 4.78 is 0. The molecule has 0 aliphatic rings. The van der Waals surface area contributed by atoms with E-state index in [1.807, 2.05) is 13.8 Å². The maximum absolute atomic E-state index is 4.17. The molecule has 2 rings (SSSR count). The van der Waals surface area contributed by atoms with Gasteiger partial charge in [0.1, 0.15) is 0 Å². The first-order valence-electron chi connectivity index (χ1n) is 4.74. The zero-order valence-corrected chi connectivity index (χ0v) is 8.62. The molecule has 2 aromatic heterocycles. The second kappa shape index (κ2) is 4.08. The van der Waals surface area contributed by atoms with Crippen molar-refractivity contribution >= 4 is 0 Å². The SMILES string of the molecule is CC(C)c1cnc(-c2ncccn2)nn1. The van der Waals surface area contributed by atoms with Crippen molar-refractivity contribution < 1.29 is 0 Å². The molecule has 2 aromatic rings. The van der Waals surface area contributed by atoms with Gasteiger partial charge in [0, 0.05) is 12.4 Å². The fourth-order valence-electron chi connectivity index (χ4n) is 1.07. The van der Waals surface area contributed by atoms with Crippen LogP contribution < -0.4 is 0 Å². The summed E-state index contributed by atoms with van der Waals surface area (Å²) in [4.78, 5) is 12.3. The Labute approximate surface area is 87.7 Å². The van der Waals surface area contributed by atoms with Gasteiger partial charge in [0.25, 0.3) is 0 Å². The Kier molecular flexibility index (Phi) is 2.62. The van der Waals surface area contributed by atoms with Crippen molar-refractivity contribution in [3.8, 4) is 11.6 Å². The van der Waals surface area contributed by atoms with Crippen molar-refractivity contribution in [3.05, 3.63) is 30.4 Å². The Morgan fingerprint density at radius 3 is 2.20 bits per heavy atom. The average Bonchev–Trinajstić information content (AvgIpc) is 2.30. The van der Waals surface area contributed by atoms with Gasteiger partial charge in [-0.1, -0.05) is 13.8 Å². The molecule has 0 aliphatic heterocycles. The lowest BCUT2D eigenvalue weighted by atomic mass is 10.1. The second-order valence-electron chi connectivity index (χ2n) is 3.43. The van der Waals surface area contributed by atoms with Gasteiger partial charge in [-0.2, -0.15) is 5.10 Å². The van der Waals surface area contributed by atoms with E-state index in [2.05, 4.69) is 25.1 Å². The third-order valence-electron chi connectivity index (χ3n) is 1.94. The van der Waals surface area contributed by atoms with Crippen LogP contribution in [0.4, 0.5) is 0 Å². The normalized spacial score (nSPS) is 10.6. The fraction of sp³-hybridized carbons (Fsp3) is 0.300. The van der Waals surface area contributed by atoms with E-state index in [0.29, 0.717) is 17.6 Å². The third-order valence-corrected chi connectivity index (χ3v) is 1.94. The molecule has 0 bridgehead atoms. The summed E-state index contributed by atoms with van der Waals surface area (Å²) >= 11 is 0. The molecule has 0 aliphatic carbocycles. The quantitative estimate of drug-likeness (QED) is 0.735. The molecule has 0 aromatic carbocycles. The number of hydrogen-bond acceptors (Lipinski definition) is 5. The van der Waals surface area contributed by atoms with Gasteiger partial charge in [-0.3, -0.25) is 0 Å². The van der Waals surface area contributed by atoms with Crippen LogP contribution in [0.25, 0.3) is 11.6 Å². The Hall–Kier alpha value is -1.91. The molecule has 0 saturated carbocycles. The molecule has 15 heavy (non-hydrogen) atoms. The van der Waals surface area contributed by atoms with Crippen LogP contribution in [0.1, 0.15) is 25.5 Å². The lowest BCUT2D eigenvalue weighted by Gasteiger charge is -2.02. The Morgan fingerprint density at radius 1 is 0.933 bits per heavy atom. The maximum atomic E-state index is 4.17. The summed E-state index contributed by atoms with van der Waals surface area (Å²) in [5, 5.41) is 8.05. The van der Waals surface area contributed by atoms with Gasteiger partial charge in [0.15, 0.2) is 5.82 Å². The fourth-order valence-corrected chi connectivity index (χ4v) is 1.07. The van der Waals surface area contributed by atoms with Crippen molar-refractivity contribution in [2.24, 2.45) is 0 Å². The molecule has 0 amide bonds. The lowest BCUT2D eigenvalue weighted by molar-refractivity contribution is 0.767. The molecule has 0 saturated heterocycles. The predicted molar refractivity (Wildman–Crippen MR) is 54.9 cm³/mol. The minimum absolute atomic E-state index is 0.329. The summed E-state index contributed by atoms with van der Waals surface area (Å²) in [5.74, 6) is 1.29. The van der Waals surface area contributed by atoms with Crippen LogP contribution in [0.5, 0.6) is 0 Å². The molecule has 0 N–H and O–H groups in total. The Balaban J connectivity index is 2.32. The predicted octanol–water partition coefficient (Wildman–Crippen LogP) is 1.45. The highest BCUT2D eigenvalue weighted by Crippen LogP contribution is 2.10. The number of rotatable bonds is 2. The molecule has 0 atom stereocenters. The largest absolute Gasteiger partial charge is 0.234 e. The van der Waals surface area contributed by atoms with E-state index < -0.39 is 0 Å². The topological polar surface area (TPSA) is 64.5 Å². The standard InChI is InChI=1S/C10H11N5/c1-7(2)8-6-13-10(15-14-8)9-11-4-3-5-12-9/h3-7H,1-2H3. The van der Waals surface area contributed by atoms with Crippen LogP contribution in [-0.4, -0.2) is 25.1 Å². The summed E-state index contributed by atoms with van der Waals surface area (Å²) in [6.45, 7) is 4.09. The summed E-state index contributed by atoms with van der Waals surface area (Å²) in [5.41, 5.74) is 0.870. The van der Waals surface area contributed by atoms with E-state index >= 15 is 0 Å². The van der Waals surface area contributed by atoms with Gasteiger partial charge in [-0.15, -0.1) is 5.10 Å².